The number of quaternary nitrogens is 1. The minimum atomic E-state index is -0.619. The van der Waals surface area contributed by atoms with Crippen LogP contribution in [0.2, 0.25) is 0 Å². The fraction of sp³-hybridized carbons (Fsp3) is 0.771. The first-order valence-corrected chi connectivity index (χ1v) is 22.8. The molecule has 2 atom stereocenters. The number of ether oxygens (including phenoxy) is 1. The molecule has 0 aromatic carbocycles. The summed E-state index contributed by atoms with van der Waals surface area (Å²) in [7, 11) is 6.37. The van der Waals surface area contributed by atoms with Crippen molar-refractivity contribution in [3.8, 4) is 0 Å². The molecule has 0 radical (unpaired) electrons. The van der Waals surface area contributed by atoms with Crippen LogP contribution in [0.25, 0.3) is 0 Å². The number of nitrogens with zero attached hydrogens (tertiary/aromatic N) is 2. The van der Waals surface area contributed by atoms with E-state index in [0.29, 0.717) is 32.4 Å². The summed E-state index contributed by atoms with van der Waals surface area (Å²) in [4.78, 5) is 41.2. The monoisotopic (exact) mass is 769 g/mol. The number of carbonyl (C=O) groups excluding carboxylic acids is 3. The van der Waals surface area contributed by atoms with E-state index in [1.807, 2.05) is 0 Å². The lowest BCUT2D eigenvalue weighted by atomic mass is 10.1. The molecule has 0 aliphatic carbocycles. The lowest BCUT2D eigenvalue weighted by molar-refractivity contribution is -0.870. The van der Waals surface area contributed by atoms with E-state index in [-0.39, 0.29) is 23.8 Å². The molecule has 1 N–H and O–H groups in total. The summed E-state index contributed by atoms with van der Waals surface area (Å²) >= 11 is 0. The molecular formula is C48H86N3O4+. The predicted molar refractivity (Wildman–Crippen MR) is 234 cm³/mol. The van der Waals surface area contributed by atoms with Crippen molar-refractivity contribution in [1.29, 1.82) is 0 Å². The molecular weight excluding hydrogens is 683 g/mol. The molecule has 0 unspecified atom stereocenters. The van der Waals surface area contributed by atoms with Crippen molar-refractivity contribution < 1.29 is 23.6 Å². The van der Waals surface area contributed by atoms with Gasteiger partial charge in [-0.2, -0.15) is 0 Å². The van der Waals surface area contributed by atoms with Crippen molar-refractivity contribution in [2.24, 2.45) is 0 Å². The number of unbranched alkanes of at least 4 members (excludes halogenated alkanes) is 17. The first-order valence-electron chi connectivity index (χ1n) is 22.8. The summed E-state index contributed by atoms with van der Waals surface area (Å²) in [5, 5.41) is 3.12. The van der Waals surface area contributed by atoms with Gasteiger partial charge >= 0.3 is 5.97 Å². The highest BCUT2D eigenvalue weighted by Gasteiger charge is 2.40. The third kappa shape index (κ3) is 30.2. The number of carbonyl (C=O) groups is 3. The number of hydrogen-bond donors (Lipinski definition) is 1. The van der Waals surface area contributed by atoms with Crippen molar-refractivity contribution in [1.82, 2.24) is 10.2 Å². The minimum absolute atomic E-state index is 0.00290. The summed E-state index contributed by atoms with van der Waals surface area (Å²) in [5.41, 5.74) is 0. The second-order valence-corrected chi connectivity index (χ2v) is 16.9. The highest BCUT2D eigenvalue weighted by molar-refractivity contribution is 5.86. The van der Waals surface area contributed by atoms with E-state index >= 15 is 0 Å². The number of esters is 1. The van der Waals surface area contributed by atoms with Crippen LogP contribution >= 0.6 is 0 Å². The van der Waals surface area contributed by atoms with E-state index in [4.69, 9.17) is 4.74 Å². The number of likely N-dealkylation sites (tertiary alicyclic amines) is 1. The van der Waals surface area contributed by atoms with E-state index < -0.39 is 6.04 Å². The lowest BCUT2D eigenvalue weighted by Crippen LogP contribution is -2.42. The van der Waals surface area contributed by atoms with Crippen molar-refractivity contribution in [3.63, 3.8) is 0 Å². The lowest BCUT2D eigenvalue weighted by Gasteiger charge is -2.24. The minimum Gasteiger partial charge on any atom is -0.464 e. The molecule has 1 fully saturated rings. The zero-order valence-electron chi connectivity index (χ0n) is 36.5. The van der Waals surface area contributed by atoms with Gasteiger partial charge in [-0.05, 0) is 77.0 Å². The number of rotatable bonds is 35. The van der Waals surface area contributed by atoms with Crippen molar-refractivity contribution in [2.75, 3.05) is 40.8 Å². The molecule has 316 valence electrons. The van der Waals surface area contributed by atoms with Crippen LogP contribution in [0.4, 0.5) is 0 Å². The molecule has 0 saturated carbocycles. The molecule has 1 rings (SSSR count). The number of nitrogens with one attached hydrogen (secondary N) is 1. The van der Waals surface area contributed by atoms with Gasteiger partial charge in [0.2, 0.25) is 11.8 Å². The molecule has 0 aromatic heterocycles. The van der Waals surface area contributed by atoms with Crippen molar-refractivity contribution in [3.05, 3.63) is 48.6 Å². The quantitative estimate of drug-likeness (QED) is 0.0301. The number of hydrogen-bond acceptors (Lipinski definition) is 4. The normalized spacial score (nSPS) is 16.4. The van der Waals surface area contributed by atoms with Crippen LogP contribution in [-0.4, -0.2) is 80.1 Å². The molecule has 1 aliphatic rings. The summed E-state index contributed by atoms with van der Waals surface area (Å²) in [6, 6.07) is -0.837. The molecule has 0 aromatic rings. The Morgan fingerprint density at radius 2 is 1.07 bits per heavy atom. The second-order valence-electron chi connectivity index (χ2n) is 16.9. The highest BCUT2D eigenvalue weighted by Crippen LogP contribution is 2.22. The second kappa shape index (κ2) is 34.6. The Balaban J connectivity index is 2.38. The first-order chi connectivity index (χ1) is 26.7. The molecule has 1 aliphatic heterocycles. The topological polar surface area (TPSA) is 75.7 Å². The Hall–Kier alpha value is -2.67. The Bertz CT molecular complexity index is 1090. The average molecular weight is 769 g/mol. The number of allylic oxidation sites excluding steroid dienone is 8. The Morgan fingerprint density at radius 3 is 1.58 bits per heavy atom. The highest BCUT2D eigenvalue weighted by atomic mass is 16.5. The molecule has 0 spiro atoms. The largest absolute Gasteiger partial charge is 0.464 e. The Kier molecular flexibility index (Phi) is 31.6. The zero-order chi connectivity index (χ0) is 40.2. The fourth-order valence-corrected chi connectivity index (χ4v) is 7.04. The van der Waals surface area contributed by atoms with Crippen LogP contribution in [-0.2, 0) is 19.1 Å². The van der Waals surface area contributed by atoms with Crippen LogP contribution in [0.3, 0.4) is 0 Å². The van der Waals surface area contributed by atoms with Gasteiger partial charge < -0.3 is 19.4 Å². The van der Waals surface area contributed by atoms with Gasteiger partial charge in [-0.15, -0.1) is 0 Å². The van der Waals surface area contributed by atoms with Crippen LogP contribution < -0.4 is 5.32 Å². The molecule has 55 heavy (non-hydrogen) atoms. The van der Waals surface area contributed by atoms with Gasteiger partial charge in [0.05, 0.1) is 34.3 Å². The van der Waals surface area contributed by atoms with Crippen molar-refractivity contribution >= 4 is 17.8 Å². The fourth-order valence-electron chi connectivity index (χ4n) is 7.04. The molecule has 7 nitrogen and oxygen atoms in total. The number of amides is 2. The third-order valence-corrected chi connectivity index (χ3v) is 10.4. The average Bonchev–Trinajstić information content (AvgIpc) is 3.57. The van der Waals surface area contributed by atoms with E-state index in [0.717, 1.165) is 81.7 Å². The van der Waals surface area contributed by atoms with Gasteiger partial charge in [0.15, 0.2) is 0 Å². The SMILES string of the molecule is CCCCCC=CCC=CCCCCCCCCOC(=O)[C@@H]1C[C@@H](NC(=O)CCC[N+](C)(C)C)CN1C(=O)CCCCCCCC=CCC=CCCCCC. The first kappa shape index (κ1) is 50.3. The van der Waals surface area contributed by atoms with Crippen LogP contribution in [0, 0.1) is 0 Å². The zero-order valence-corrected chi connectivity index (χ0v) is 36.5. The van der Waals surface area contributed by atoms with Crippen LogP contribution in [0.5, 0.6) is 0 Å². The maximum atomic E-state index is 13.4. The molecule has 7 heteroatoms. The van der Waals surface area contributed by atoms with Gasteiger partial charge in [0.1, 0.15) is 6.04 Å². The third-order valence-electron chi connectivity index (χ3n) is 10.4. The summed E-state index contributed by atoms with van der Waals surface area (Å²) < 4.78 is 6.56. The Morgan fingerprint density at radius 1 is 0.600 bits per heavy atom. The summed E-state index contributed by atoms with van der Waals surface area (Å²) in [6.45, 7) is 6.17. The standard InChI is InChI=1S/C48H85N3O4/c1-6-8-10-12-14-16-18-20-22-24-26-28-30-32-34-36-41-55-48(54)45-42-44(49-46(52)38-37-40-51(3,4)5)43-50(45)47(53)39-35-33-31-29-27-25-23-21-19-17-15-13-11-9-7-2/h14-17,20-23,44-45H,6-13,18-19,24-43H2,1-5H3/p+1/t44-,45+/m1/s1. The smallest absolute Gasteiger partial charge is 0.328 e. The van der Waals surface area contributed by atoms with E-state index in [1.165, 1.54) is 83.5 Å². The van der Waals surface area contributed by atoms with E-state index in [1.54, 1.807) is 4.90 Å². The summed E-state index contributed by atoms with van der Waals surface area (Å²) in [5.74, 6) is -0.323. The van der Waals surface area contributed by atoms with Gasteiger partial charge in [-0.3, -0.25) is 9.59 Å². The molecule has 0 bridgehead atoms. The molecule has 2 amide bonds. The Labute approximate surface area is 339 Å². The van der Waals surface area contributed by atoms with Gasteiger partial charge in [-0.1, -0.05) is 133 Å². The predicted octanol–water partition coefficient (Wildman–Crippen LogP) is 11.7. The van der Waals surface area contributed by atoms with E-state index in [9.17, 15) is 14.4 Å². The molecule has 1 heterocycles. The maximum absolute atomic E-state index is 13.4. The van der Waals surface area contributed by atoms with Crippen LogP contribution in [0.1, 0.15) is 187 Å². The molecule has 1 saturated heterocycles. The van der Waals surface area contributed by atoms with Crippen molar-refractivity contribution in [2.45, 2.75) is 199 Å². The van der Waals surface area contributed by atoms with E-state index in [2.05, 4.69) is 88.9 Å². The van der Waals surface area contributed by atoms with Gasteiger partial charge in [0.25, 0.3) is 0 Å². The van der Waals surface area contributed by atoms with Gasteiger partial charge in [0, 0.05) is 38.3 Å². The van der Waals surface area contributed by atoms with Gasteiger partial charge in [-0.25, -0.2) is 4.79 Å². The summed E-state index contributed by atoms with van der Waals surface area (Å²) in [6.07, 6.45) is 46.9. The van der Waals surface area contributed by atoms with Crippen LogP contribution in [0.15, 0.2) is 48.6 Å². The maximum Gasteiger partial charge on any atom is 0.328 e.